The molecule has 1 aliphatic heterocycles. The van der Waals surface area contributed by atoms with Crippen LogP contribution in [0.3, 0.4) is 0 Å². The highest BCUT2D eigenvalue weighted by atomic mass is 16.5. The quantitative estimate of drug-likeness (QED) is 0.943. The number of carbonyl (C=O) groups is 2. The highest BCUT2D eigenvalue weighted by Gasteiger charge is 2.22. The summed E-state index contributed by atoms with van der Waals surface area (Å²) in [7, 11) is 0. The number of nitrogens with zero attached hydrogens (tertiary/aromatic N) is 1. The van der Waals surface area contributed by atoms with E-state index in [4.69, 9.17) is 9.84 Å². The lowest BCUT2D eigenvalue weighted by molar-refractivity contribution is -0.118. The number of amides is 1. The van der Waals surface area contributed by atoms with Crippen LogP contribution in [0.1, 0.15) is 22.3 Å². The van der Waals surface area contributed by atoms with Crippen molar-refractivity contribution in [3.05, 3.63) is 59.7 Å². The SMILES string of the molecule is O=C(O)c1ccc(CCC(=O)N2CCOc3ccccc32)cc1. The van der Waals surface area contributed by atoms with E-state index in [0.29, 0.717) is 26.0 Å². The summed E-state index contributed by atoms with van der Waals surface area (Å²) >= 11 is 0. The van der Waals surface area contributed by atoms with E-state index in [0.717, 1.165) is 17.0 Å². The Labute approximate surface area is 134 Å². The van der Waals surface area contributed by atoms with E-state index in [-0.39, 0.29) is 11.5 Å². The Hall–Kier alpha value is -2.82. The Bertz CT molecular complexity index is 724. The molecule has 1 heterocycles. The third-order valence-corrected chi connectivity index (χ3v) is 3.86. The number of aromatic carboxylic acids is 1. The van der Waals surface area contributed by atoms with Gasteiger partial charge in [-0.2, -0.15) is 0 Å². The largest absolute Gasteiger partial charge is 0.490 e. The molecule has 0 bridgehead atoms. The Balaban J connectivity index is 1.65. The minimum atomic E-state index is -0.947. The van der Waals surface area contributed by atoms with Crippen LogP contribution in [-0.4, -0.2) is 30.1 Å². The molecule has 0 unspecified atom stereocenters. The molecule has 0 fully saturated rings. The average Bonchev–Trinajstić information content (AvgIpc) is 2.59. The van der Waals surface area contributed by atoms with Gasteiger partial charge in [0.2, 0.25) is 5.91 Å². The zero-order valence-corrected chi connectivity index (χ0v) is 12.6. The van der Waals surface area contributed by atoms with Crippen LogP contribution in [0.5, 0.6) is 5.75 Å². The lowest BCUT2D eigenvalue weighted by Crippen LogP contribution is -2.38. The van der Waals surface area contributed by atoms with Crippen molar-refractivity contribution < 1.29 is 19.4 Å². The van der Waals surface area contributed by atoms with Gasteiger partial charge >= 0.3 is 5.97 Å². The summed E-state index contributed by atoms with van der Waals surface area (Å²) in [4.78, 5) is 25.1. The van der Waals surface area contributed by atoms with Gasteiger partial charge in [0.15, 0.2) is 0 Å². The van der Waals surface area contributed by atoms with Gasteiger partial charge in [-0.3, -0.25) is 4.79 Å². The first-order valence-corrected chi connectivity index (χ1v) is 7.49. The molecule has 23 heavy (non-hydrogen) atoms. The smallest absolute Gasteiger partial charge is 0.335 e. The molecule has 3 rings (SSSR count). The monoisotopic (exact) mass is 311 g/mol. The van der Waals surface area contributed by atoms with Crippen molar-refractivity contribution in [1.29, 1.82) is 0 Å². The molecule has 1 N–H and O–H groups in total. The molecular weight excluding hydrogens is 294 g/mol. The van der Waals surface area contributed by atoms with Crippen LogP contribution < -0.4 is 9.64 Å². The van der Waals surface area contributed by atoms with Crippen molar-refractivity contribution in [3.8, 4) is 5.75 Å². The fraction of sp³-hybridized carbons (Fsp3) is 0.222. The molecule has 0 aliphatic carbocycles. The molecule has 0 spiro atoms. The topological polar surface area (TPSA) is 66.8 Å². The molecule has 118 valence electrons. The van der Waals surface area contributed by atoms with Crippen LogP contribution in [0.25, 0.3) is 0 Å². The Morgan fingerprint density at radius 3 is 2.57 bits per heavy atom. The lowest BCUT2D eigenvalue weighted by atomic mass is 10.1. The number of hydrogen-bond donors (Lipinski definition) is 1. The van der Waals surface area contributed by atoms with Gasteiger partial charge in [-0.1, -0.05) is 24.3 Å². The summed E-state index contributed by atoms with van der Waals surface area (Å²) in [6.07, 6.45) is 0.957. The first-order valence-electron chi connectivity index (χ1n) is 7.49. The molecule has 1 aliphatic rings. The van der Waals surface area contributed by atoms with Crippen LogP contribution in [0, 0.1) is 0 Å². The van der Waals surface area contributed by atoms with E-state index in [2.05, 4.69) is 0 Å². The third kappa shape index (κ3) is 3.34. The number of benzene rings is 2. The standard InChI is InChI=1S/C18H17NO4/c20-17(10-7-13-5-8-14(9-6-13)18(21)22)19-11-12-23-16-4-2-1-3-15(16)19/h1-6,8-9H,7,10-12H2,(H,21,22). The molecule has 1 amide bonds. The minimum Gasteiger partial charge on any atom is -0.490 e. The zero-order chi connectivity index (χ0) is 16.2. The van der Waals surface area contributed by atoms with Gasteiger partial charge < -0.3 is 14.7 Å². The zero-order valence-electron chi connectivity index (χ0n) is 12.6. The van der Waals surface area contributed by atoms with Crippen LogP contribution in [0.4, 0.5) is 5.69 Å². The van der Waals surface area contributed by atoms with Gasteiger partial charge in [-0.15, -0.1) is 0 Å². The highest BCUT2D eigenvalue weighted by molar-refractivity contribution is 5.95. The van der Waals surface area contributed by atoms with Crippen molar-refractivity contribution in [1.82, 2.24) is 0 Å². The van der Waals surface area contributed by atoms with E-state index in [9.17, 15) is 9.59 Å². The number of anilines is 1. The number of aryl methyl sites for hydroxylation is 1. The summed E-state index contributed by atoms with van der Waals surface area (Å²) in [5.41, 5.74) is 2.01. The highest BCUT2D eigenvalue weighted by Crippen LogP contribution is 2.31. The van der Waals surface area contributed by atoms with Crippen LogP contribution in [0.15, 0.2) is 48.5 Å². The summed E-state index contributed by atoms with van der Waals surface area (Å²) in [6, 6.07) is 14.1. The van der Waals surface area contributed by atoms with E-state index >= 15 is 0 Å². The molecule has 5 nitrogen and oxygen atoms in total. The normalized spacial score (nSPS) is 13.1. The molecule has 0 saturated carbocycles. The van der Waals surface area contributed by atoms with Crippen molar-refractivity contribution in [3.63, 3.8) is 0 Å². The number of hydrogen-bond acceptors (Lipinski definition) is 3. The fourth-order valence-electron chi connectivity index (χ4n) is 2.63. The Morgan fingerprint density at radius 1 is 1.09 bits per heavy atom. The summed E-state index contributed by atoms with van der Waals surface area (Å²) in [5.74, 6) is -0.168. The third-order valence-electron chi connectivity index (χ3n) is 3.86. The van der Waals surface area contributed by atoms with E-state index < -0.39 is 5.97 Å². The van der Waals surface area contributed by atoms with Gasteiger partial charge in [0.1, 0.15) is 12.4 Å². The molecule has 2 aromatic carbocycles. The minimum absolute atomic E-state index is 0.0445. The van der Waals surface area contributed by atoms with Crippen molar-refractivity contribution in [2.24, 2.45) is 0 Å². The van der Waals surface area contributed by atoms with E-state index in [1.165, 1.54) is 0 Å². The van der Waals surface area contributed by atoms with Gasteiger partial charge in [0, 0.05) is 6.42 Å². The van der Waals surface area contributed by atoms with E-state index in [1.54, 1.807) is 29.2 Å². The second-order valence-corrected chi connectivity index (χ2v) is 5.36. The predicted molar refractivity (Wildman–Crippen MR) is 86.0 cm³/mol. The van der Waals surface area contributed by atoms with Gasteiger partial charge in [-0.05, 0) is 36.2 Å². The number of fused-ring (bicyclic) bond motifs is 1. The lowest BCUT2D eigenvalue weighted by Gasteiger charge is -2.29. The van der Waals surface area contributed by atoms with Gasteiger partial charge in [0.05, 0.1) is 17.8 Å². The summed E-state index contributed by atoms with van der Waals surface area (Å²) < 4.78 is 5.55. The summed E-state index contributed by atoms with van der Waals surface area (Å²) in [6.45, 7) is 1.05. The van der Waals surface area contributed by atoms with Gasteiger partial charge in [-0.25, -0.2) is 4.79 Å². The number of rotatable bonds is 4. The predicted octanol–water partition coefficient (Wildman–Crippen LogP) is 2.74. The number of para-hydroxylation sites is 2. The number of ether oxygens (including phenoxy) is 1. The fourth-order valence-corrected chi connectivity index (χ4v) is 2.63. The van der Waals surface area contributed by atoms with E-state index in [1.807, 2.05) is 24.3 Å². The molecule has 0 saturated heterocycles. The van der Waals surface area contributed by atoms with Crippen molar-refractivity contribution in [2.75, 3.05) is 18.1 Å². The van der Waals surface area contributed by atoms with Crippen molar-refractivity contribution in [2.45, 2.75) is 12.8 Å². The second kappa shape index (κ2) is 6.52. The molecular formula is C18H17NO4. The van der Waals surface area contributed by atoms with Crippen LogP contribution in [-0.2, 0) is 11.2 Å². The van der Waals surface area contributed by atoms with Crippen LogP contribution in [0.2, 0.25) is 0 Å². The van der Waals surface area contributed by atoms with Crippen molar-refractivity contribution >= 4 is 17.6 Å². The number of carboxylic acid groups (broad SMARTS) is 1. The number of carboxylic acids is 1. The second-order valence-electron chi connectivity index (χ2n) is 5.36. The maximum Gasteiger partial charge on any atom is 0.335 e. The van der Waals surface area contributed by atoms with Gasteiger partial charge in [0.25, 0.3) is 0 Å². The molecule has 0 radical (unpaired) electrons. The molecule has 5 heteroatoms. The molecule has 2 aromatic rings. The summed E-state index contributed by atoms with van der Waals surface area (Å²) in [5, 5.41) is 8.88. The first-order chi connectivity index (χ1) is 11.1. The molecule has 0 aromatic heterocycles. The van der Waals surface area contributed by atoms with Crippen LogP contribution >= 0.6 is 0 Å². The molecule has 0 atom stereocenters. The maximum absolute atomic E-state index is 12.5. The number of carbonyl (C=O) groups excluding carboxylic acids is 1. The maximum atomic E-state index is 12.5. The Kier molecular flexibility index (Phi) is 4.28. The average molecular weight is 311 g/mol. The first kappa shape index (κ1) is 15.1. The Morgan fingerprint density at radius 2 is 1.83 bits per heavy atom.